The van der Waals surface area contributed by atoms with Crippen LogP contribution in [0.25, 0.3) is 5.69 Å². The number of pyridine rings is 1. The number of hydrogen-bond acceptors (Lipinski definition) is 2. The van der Waals surface area contributed by atoms with E-state index in [4.69, 9.17) is 17.3 Å². The predicted molar refractivity (Wildman–Crippen MR) is 62.5 cm³/mol. The van der Waals surface area contributed by atoms with Gasteiger partial charge in [-0.1, -0.05) is 36.5 Å². The molecule has 0 amide bonds. The number of rotatable bonds is 2. The lowest BCUT2D eigenvalue weighted by Crippen LogP contribution is -1.99. The lowest BCUT2D eigenvalue weighted by atomic mass is 10.2. The molecule has 1 aromatic carbocycles. The van der Waals surface area contributed by atoms with Crippen molar-refractivity contribution >= 4 is 12.2 Å². The Labute approximate surface area is 93.4 Å². The van der Waals surface area contributed by atoms with E-state index < -0.39 is 0 Å². The second-order valence-electron chi connectivity index (χ2n) is 3.20. The third-order valence-corrected chi connectivity index (χ3v) is 2.69. The van der Waals surface area contributed by atoms with Gasteiger partial charge >= 0.3 is 0 Å². The molecule has 0 unspecified atom stereocenters. The van der Waals surface area contributed by atoms with Gasteiger partial charge in [-0.3, -0.25) is 0 Å². The van der Waals surface area contributed by atoms with Gasteiger partial charge in [-0.05, 0) is 18.2 Å². The van der Waals surface area contributed by atoms with Crippen LogP contribution < -0.4 is 0 Å². The Balaban J connectivity index is 2.60. The highest BCUT2D eigenvalue weighted by atomic mass is 32.1. The summed E-state index contributed by atoms with van der Waals surface area (Å²) < 4.78 is 2.55. The zero-order valence-electron chi connectivity index (χ0n) is 8.13. The molecule has 2 rings (SSSR count). The zero-order chi connectivity index (χ0) is 10.7. The summed E-state index contributed by atoms with van der Waals surface area (Å²) in [5, 5.41) is 9.11. The molecule has 0 bridgehead atoms. The van der Waals surface area contributed by atoms with Gasteiger partial charge in [0.1, 0.15) is 4.64 Å². The Kier molecular flexibility index (Phi) is 2.94. The minimum atomic E-state index is -0.0213. The SMILES string of the molecule is OCc1cccn(-c2ccccc2)c1=S. The van der Waals surface area contributed by atoms with Gasteiger partial charge in [-0.25, -0.2) is 0 Å². The third-order valence-electron chi connectivity index (χ3n) is 2.23. The van der Waals surface area contributed by atoms with E-state index >= 15 is 0 Å². The summed E-state index contributed by atoms with van der Waals surface area (Å²) >= 11 is 5.28. The molecule has 0 aliphatic carbocycles. The summed E-state index contributed by atoms with van der Waals surface area (Å²) in [6, 6.07) is 13.6. The molecule has 3 heteroatoms. The molecule has 1 aromatic heterocycles. The van der Waals surface area contributed by atoms with Crippen LogP contribution in [0, 0.1) is 4.64 Å². The van der Waals surface area contributed by atoms with Crippen molar-refractivity contribution in [1.29, 1.82) is 0 Å². The molecule has 2 nitrogen and oxygen atoms in total. The molecule has 0 fully saturated rings. The van der Waals surface area contributed by atoms with Crippen LogP contribution in [0.1, 0.15) is 5.56 Å². The average Bonchev–Trinajstić information content (AvgIpc) is 2.30. The number of aromatic nitrogens is 1. The molecule has 2 aromatic rings. The van der Waals surface area contributed by atoms with Gasteiger partial charge in [0, 0.05) is 17.4 Å². The molecule has 0 saturated heterocycles. The van der Waals surface area contributed by atoms with Gasteiger partial charge < -0.3 is 9.67 Å². The van der Waals surface area contributed by atoms with Crippen LogP contribution in [0.5, 0.6) is 0 Å². The van der Waals surface area contributed by atoms with Crippen LogP contribution in [0.15, 0.2) is 48.7 Å². The highest BCUT2D eigenvalue weighted by molar-refractivity contribution is 7.71. The molecule has 0 aliphatic rings. The van der Waals surface area contributed by atoms with Gasteiger partial charge in [-0.2, -0.15) is 0 Å². The molecule has 15 heavy (non-hydrogen) atoms. The molecule has 0 spiro atoms. The molecule has 0 aliphatic heterocycles. The molecular formula is C12H11NOS. The van der Waals surface area contributed by atoms with Crippen LogP contribution >= 0.6 is 12.2 Å². The van der Waals surface area contributed by atoms with Crippen molar-refractivity contribution in [2.45, 2.75) is 6.61 Å². The van der Waals surface area contributed by atoms with Crippen LogP contribution in [0.2, 0.25) is 0 Å². The number of aliphatic hydroxyl groups is 1. The molecule has 0 saturated carbocycles. The Morgan fingerprint density at radius 3 is 2.47 bits per heavy atom. The quantitative estimate of drug-likeness (QED) is 0.782. The first-order valence-corrected chi connectivity index (χ1v) is 5.10. The van der Waals surface area contributed by atoms with Crippen LogP contribution in [-0.2, 0) is 6.61 Å². The Hall–Kier alpha value is -1.45. The Bertz CT molecular complexity index is 505. The minimum Gasteiger partial charge on any atom is -0.392 e. The molecule has 0 atom stereocenters. The third kappa shape index (κ3) is 1.98. The second-order valence-corrected chi connectivity index (χ2v) is 3.59. The van der Waals surface area contributed by atoms with Gasteiger partial charge in [0.25, 0.3) is 0 Å². The predicted octanol–water partition coefficient (Wildman–Crippen LogP) is 2.70. The maximum Gasteiger partial charge on any atom is 0.115 e. The van der Waals surface area contributed by atoms with Crippen molar-refractivity contribution in [2.75, 3.05) is 0 Å². The topological polar surface area (TPSA) is 25.2 Å². The van der Waals surface area contributed by atoms with E-state index in [1.54, 1.807) is 0 Å². The number of benzene rings is 1. The summed E-state index contributed by atoms with van der Waals surface area (Å²) in [6.45, 7) is -0.0213. The normalized spacial score (nSPS) is 10.2. The highest BCUT2D eigenvalue weighted by Gasteiger charge is 1.99. The lowest BCUT2D eigenvalue weighted by molar-refractivity contribution is 0.280. The van der Waals surface area contributed by atoms with Crippen molar-refractivity contribution in [3.05, 3.63) is 58.9 Å². The number of aliphatic hydroxyl groups excluding tert-OH is 1. The van der Waals surface area contributed by atoms with E-state index in [1.165, 1.54) is 0 Å². The van der Waals surface area contributed by atoms with E-state index in [-0.39, 0.29) is 6.61 Å². The summed E-state index contributed by atoms with van der Waals surface area (Å²) in [7, 11) is 0. The smallest absolute Gasteiger partial charge is 0.115 e. The standard InChI is InChI=1S/C12H11NOS/c14-9-10-5-4-8-13(12(10)15)11-6-2-1-3-7-11/h1-8,14H,9H2. The van der Waals surface area contributed by atoms with E-state index in [0.717, 1.165) is 11.3 Å². The monoisotopic (exact) mass is 217 g/mol. The molecule has 0 radical (unpaired) electrons. The molecule has 76 valence electrons. The van der Waals surface area contributed by atoms with Gasteiger partial charge in [-0.15, -0.1) is 0 Å². The van der Waals surface area contributed by atoms with Crippen LogP contribution in [-0.4, -0.2) is 9.67 Å². The fourth-order valence-corrected chi connectivity index (χ4v) is 1.75. The fraction of sp³-hybridized carbons (Fsp3) is 0.0833. The summed E-state index contributed by atoms with van der Waals surface area (Å²) in [6.07, 6.45) is 1.90. The van der Waals surface area contributed by atoms with Gasteiger partial charge in [0.2, 0.25) is 0 Å². The maximum atomic E-state index is 9.11. The van der Waals surface area contributed by atoms with Crippen LogP contribution in [0.4, 0.5) is 0 Å². The van der Waals surface area contributed by atoms with E-state index in [0.29, 0.717) is 4.64 Å². The first-order chi connectivity index (χ1) is 7.33. The summed E-state index contributed by atoms with van der Waals surface area (Å²) in [5.74, 6) is 0. The average molecular weight is 217 g/mol. The van der Waals surface area contributed by atoms with Crippen molar-refractivity contribution in [3.63, 3.8) is 0 Å². The lowest BCUT2D eigenvalue weighted by Gasteiger charge is -2.08. The Morgan fingerprint density at radius 2 is 1.80 bits per heavy atom. The van der Waals surface area contributed by atoms with Gasteiger partial charge in [0.15, 0.2) is 0 Å². The van der Waals surface area contributed by atoms with Crippen molar-refractivity contribution in [2.24, 2.45) is 0 Å². The largest absolute Gasteiger partial charge is 0.392 e. The minimum absolute atomic E-state index is 0.0213. The zero-order valence-corrected chi connectivity index (χ0v) is 8.95. The van der Waals surface area contributed by atoms with Crippen molar-refractivity contribution in [3.8, 4) is 5.69 Å². The number of para-hydroxylation sites is 1. The van der Waals surface area contributed by atoms with Gasteiger partial charge in [0.05, 0.1) is 6.61 Å². The fourth-order valence-electron chi connectivity index (χ4n) is 1.45. The highest BCUT2D eigenvalue weighted by Crippen LogP contribution is 2.11. The molecule has 1 heterocycles. The molecular weight excluding hydrogens is 206 g/mol. The first-order valence-electron chi connectivity index (χ1n) is 4.70. The maximum absolute atomic E-state index is 9.11. The second kappa shape index (κ2) is 4.38. The first kappa shape index (κ1) is 10.1. The van der Waals surface area contributed by atoms with E-state index in [1.807, 2.05) is 53.2 Å². The van der Waals surface area contributed by atoms with E-state index in [9.17, 15) is 0 Å². The van der Waals surface area contributed by atoms with Crippen molar-refractivity contribution < 1.29 is 5.11 Å². The summed E-state index contributed by atoms with van der Waals surface area (Å²) in [4.78, 5) is 0. The Morgan fingerprint density at radius 1 is 1.07 bits per heavy atom. The van der Waals surface area contributed by atoms with Crippen LogP contribution in [0.3, 0.4) is 0 Å². The number of hydrogen-bond donors (Lipinski definition) is 1. The number of nitrogens with zero attached hydrogens (tertiary/aromatic N) is 1. The summed E-state index contributed by atoms with van der Waals surface area (Å²) in [5.41, 5.74) is 1.79. The molecule has 1 N–H and O–H groups in total. The van der Waals surface area contributed by atoms with Crippen molar-refractivity contribution in [1.82, 2.24) is 4.57 Å². The van der Waals surface area contributed by atoms with E-state index in [2.05, 4.69) is 0 Å².